The fourth-order valence-corrected chi connectivity index (χ4v) is 3.06. The number of nitrogens with one attached hydrogen (secondary N) is 2. The van der Waals surface area contributed by atoms with Gasteiger partial charge in [0.1, 0.15) is 0 Å². The van der Waals surface area contributed by atoms with E-state index in [0.717, 1.165) is 6.07 Å². The Bertz CT molecular complexity index is 863. The van der Waals surface area contributed by atoms with Crippen LogP contribution in [-0.2, 0) is 6.18 Å². The Hall–Kier alpha value is -3.09. The van der Waals surface area contributed by atoms with Crippen LogP contribution in [0.5, 0.6) is 0 Å². The lowest BCUT2D eigenvalue weighted by molar-refractivity contribution is -0.138. The van der Waals surface area contributed by atoms with Crippen LogP contribution in [0.15, 0.2) is 66.9 Å². The third kappa shape index (κ3) is 3.33. The summed E-state index contributed by atoms with van der Waals surface area (Å²) in [5, 5.41) is 4.84. The first-order valence-electron chi connectivity index (χ1n) is 7.80. The van der Waals surface area contributed by atoms with E-state index in [2.05, 4.69) is 17.2 Å². The van der Waals surface area contributed by atoms with Gasteiger partial charge < -0.3 is 10.6 Å². The monoisotopic (exact) mass is 360 g/mol. The summed E-state index contributed by atoms with van der Waals surface area (Å²) in [6.07, 6.45) is -4.62. The van der Waals surface area contributed by atoms with Crippen molar-refractivity contribution in [2.45, 2.75) is 12.2 Å². The van der Waals surface area contributed by atoms with Crippen LogP contribution in [0.3, 0.4) is 0 Å². The van der Waals surface area contributed by atoms with Crippen molar-refractivity contribution in [2.75, 3.05) is 0 Å². The smallest absolute Gasteiger partial charge is 0.330 e. The molecule has 2 atom stereocenters. The zero-order chi connectivity index (χ0) is 18.9. The number of urea groups is 1. The van der Waals surface area contributed by atoms with E-state index >= 15 is 0 Å². The van der Waals surface area contributed by atoms with E-state index in [4.69, 9.17) is 0 Å². The van der Waals surface area contributed by atoms with Crippen molar-refractivity contribution in [3.05, 3.63) is 83.6 Å². The second kappa shape index (κ2) is 6.67. The Morgan fingerprint density at radius 1 is 1.00 bits per heavy atom. The molecule has 26 heavy (non-hydrogen) atoms. The van der Waals surface area contributed by atoms with E-state index in [1.54, 1.807) is 30.3 Å². The number of hydrogen-bond acceptors (Lipinski definition) is 2. The summed E-state index contributed by atoms with van der Waals surface area (Å²) in [5.41, 5.74) is -0.688. The molecule has 0 aliphatic carbocycles. The summed E-state index contributed by atoms with van der Waals surface area (Å²) in [5.74, 6) is -1.50. The normalized spacial score (nSPS) is 20.3. The van der Waals surface area contributed by atoms with Crippen LogP contribution in [0, 0.1) is 5.92 Å². The summed E-state index contributed by atoms with van der Waals surface area (Å²) >= 11 is 0. The predicted molar refractivity (Wildman–Crippen MR) is 89.3 cm³/mol. The number of hydrogen-bond donors (Lipinski definition) is 2. The molecule has 0 unspecified atom stereocenters. The molecule has 0 aromatic heterocycles. The first-order chi connectivity index (χ1) is 12.3. The van der Waals surface area contributed by atoms with Gasteiger partial charge in [-0.05, 0) is 11.6 Å². The summed E-state index contributed by atoms with van der Waals surface area (Å²) in [7, 11) is 0. The fraction of sp³-hybridized carbons (Fsp3) is 0.158. The highest BCUT2D eigenvalue weighted by Crippen LogP contribution is 2.39. The van der Waals surface area contributed by atoms with Crippen LogP contribution in [0.4, 0.5) is 18.0 Å². The van der Waals surface area contributed by atoms with Crippen LogP contribution in [0.2, 0.25) is 0 Å². The number of ketones is 1. The molecule has 1 heterocycles. The Balaban J connectivity index is 2.10. The van der Waals surface area contributed by atoms with Gasteiger partial charge in [-0.2, -0.15) is 13.2 Å². The zero-order valence-corrected chi connectivity index (χ0v) is 13.5. The number of carbonyl (C=O) groups is 2. The van der Waals surface area contributed by atoms with Crippen molar-refractivity contribution in [3.8, 4) is 0 Å². The average Bonchev–Trinajstić information content (AvgIpc) is 2.60. The van der Waals surface area contributed by atoms with Crippen LogP contribution in [0.25, 0.3) is 0 Å². The average molecular weight is 360 g/mol. The molecule has 0 bridgehead atoms. The molecule has 1 fully saturated rings. The van der Waals surface area contributed by atoms with Crippen molar-refractivity contribution < 1.29 is 22.8 Å². The molecule has 0 radical (unpaired) electrons. The van der Waals surface area contributed by atoms with Gasteiger partial charge >= 0.3 is 12.2 Å². The second-order valence-corrected chi connectivity index (χ2v) is 5.89. The molecule has 134 valence electrons. The number of rotatable bonds is 3. The first kappa shape index (κ1) is 17.7. The van der Waals surface area contributed by atoms with Crippen LogP contribution in [-0.4, -0.2) is 11.8 Å². The topological polar surface area (TPSA) is 58.2 Å². The maximum Gasteiger partial charge on any atom is 0.416 e. The number of alkyl halides is 3. The Labute approximate surface area is 147 Å². The SMILES string of the molecule is C=C1NC(=O)N[C@H](c2ccccc2C(F)(F)F)[C@@H]1C(=O)c1ccccc1. The minimum absolute atomic E-state index is 0.0598. The van der Waals surface area contributed by atoms with E-state index < -0.39 is 35.5 Å². The molecule has 2 aromatic rings. The molecule has 0 saturated carbocycles. The summed E-state index contributed by atoms with van der Waals surface area (Å²) in [6, 6.07) is 11.2. The highest BCUT2D eigenvalue weighted by atomic mass is 19.4. The van der Waals surface area contributed by atoms with Gasteiger partial charge in [0.2, 0.25) is 0 Å². The van der Waals surface area contributed by atoms with E-state index in [0.29, 0.717) is 5.56 Å². The van der Waals surface area contributed by atoms with Crippen LogP contribution >= 0.6 is 0 Å². The molecule has 7 heteroatoms. The standard InChI is InChI=1S/C19H15F3N2O2/c1-11-15(17(25)12-7-3-2-4-8-12)16(24-18(26)23-11)13-9-5-6-10-14(13)19(20,21)22/h2-10,15-16H,1H2,(H2,23,24,26)/t15-,16-/m1/s1. The van der Waals surface area contributed by atoms with Gasteiger partial charge in [0.15, 0.2) is 5.78 Å². The molecule has 1 saturated heterocycles. The van der Waals surface area contributed by atoms with Crippen molar-refractivity contribution >= 4 is 11.8 Å². The number of halogens is 3. The summed E-state index contributed by atoms with van der Waals surface area (Å²) in [6.45, 7) is 3.69. The van der Waals surface area contributed by atoms with Gasteiger partial charge in [-0.25, -0.2) is 4.79 Å². The molecule has 0 spiro atoms. The van der Waals surface area contributed by atoms with Gasteiger partial charge in [-0.15, -0.1) is 0 Å². The van der Waals surface area contributed by atoms with Crippen LogP contribution in [0.1, 0.15) is 27.5 Å². The zero-order valence-electron chi connectivity index (χ0n) is 13.5. The largest absolute Gasteiger partial charge is 0.416 e. The minimum atomic E-state index is -4.62. The first-order valence-corrected chi connectivity index (χ1v) is 7.80. The Morgan fingerprint density at radius 2 is 1.62 bits per heavy atom. The number of amides is 2. The van der Waals surface area contributed by atoms with Gasteiger partial charge in [-0.3, -0.25) is 4.79 Å². The molecule has 2 amide bonds. The third-order valence-corrected chi connectivity index (χ3v) is 4.21. The molecule has 3 rings (SSSR count). The molecular formula is C19H15F3N2O2. The molecule has 2 aromatic carbocycles. The van der Waals surface area contributed by atoms with E-state index in [1.165, 1.54) is 18.2 Å². The lowest BCUT2D eigenvalue weighted by Gasteiger charge is -2.35. The Kier molecular flexibility index (Phi) is 4.54. The van der Waals surface area contributed by atoms with E-state index in [1.807, 2.05) is 0 Å². The molecule has 4 nitrogen and oxygen atoms in total. The number of Topliss-reactive ketones (excluding diaryl/α,β-unsaturated/α-hetero) is 1. The van der Waals surface area contributed by atoms with E-state index in [-0.39, 0.29) is 11.3 Å². The second-order valence-electron chi connectivity index (χ2n) is 5.89. The molecule has 2 N–H and O–H groups in total. The van der Waals surface area contributed by atoms with Crippen molar-refractivity contribution in [1.29, 1.82) is 0 Å². The maximum absolute atomic E-state index is 13.4. The van der Waals surface area contributed by atoms with E-state index in [9.17, 15) is 22.8 Å². The predicted octanol–water partition coefficient (Wildman–Crippen LogP) is 4.07. The molecular weight excluding hydrogens is 345 g/mol. The molecule has 1 aliphatic rings. The van der Waals surface area contributed by atoms with Crippen molar-refractivity contribution in [2.24, 2.45) is 5.92 Å². The van der Waals surface area contributed by atoms with Crippen LogP contribution < -0.4 is 10.6 Å². The number of carbonyl (C=O) groups excluding carboxylic acids is 2. The van der Waals surface area contributed by atoms with Gasteiger partial charge in [0.25, 0.3) is 0 Å². The lowest BCUT2D eigenvalue weighted by Crippen LogP contribution is -2.51. The molecule has 1 aliphatic heterocycles. The van der Waals surface area contributed by atoms with Gasteiger partial charge in [-0.1, -0.05) is 55.1 Å². The summed E-state index contributed by atoms with van der Waals surface area (Å²) in [4.78, 5) is 24.8. The Morgan fingerprint density at radius 3 is 2.27 bits per heavy atom. The lowest BCUT2D eigenvalue weighted by atomic mass is 9.81. The number of benzene rings is 2. The quantitative estimate of drug-likeness (QED) is 0.811. The highest BCUT2D eigenvalue weighted by molar-refractivity contribution is 6.01. The summed E-state index contributed by atoms with van der Waals surface area (Å²) < 4.78 is 40.2. The highest BCUT2D eigenvalue weighted by Gasteiger charge is 2.42. The van der Waals surface area contributed by atoms with Crippen molar-refractivity contribution in [1.82, 2.24) is 10.6 Å². The maximum atomic E-state index is 13.4. The van der Waals surface area contributed by atoms with Gasteiger partial charge in [0, 0.05) is 11.3 Å². The third-order valence-electron chi connectivity index (χ3n) is 4.21. The minimum Gasteiger partial charge on any atom is -0.330 e. The van der Waals surface area contributed by atoms with Crippen molar-refractivity contribution in [3.63, 3.8) is 0 Å². The van der Waals surface area contributed by atoms with Gasteiger partial charge in [0.05, 0.1) is 17.5 Å². The fourth-order valence-electron chi connectivity index (χ4n) is 3.06.